The lowest BCUT2D eigenvalue weighted by atomic mass is 9.91. The number of nitrogens with one attached hydrogen (secondary N) is 1. The average molecular weight is 215 g/mol. The van der Waals surface area contributed by atoms with Crippen LogP contribution in [0.25, 0.3) is 0 Å². The summed E-state index contributed by atoms with van der Waals surface area (Å²) in [5.41, 5.74) is -0.121. The fourth-order valence-corrected chi connectivity index (χ4v) is 1.22. The minimum atomic E-state index is -0.979. The summed E-state index contributed by atoms with van der Waals surface area (Å²) in [7, 11) is 0. The number of hydrogen-bond donors (Lipinski definition) is 2. The Morgan fingerprint density at radius 2 is 1.73 bits per heavy atom. The second-order valence-electron chi connectivity index (χ2n) is 5.36. The molecule has 0 aliphatic carbocycles. The predicted octanol–water partition coefficient (Wildman–Crippen LogP) is 1.65. The van der Waals surface area contributed by atoms with Crippen LogP contribution in [-0.2, 0) is 9.59 Å². The van der Waals surface area contributed by atoms with Crippen molar-refractivity contribution in [3.8, 4) is 0 Å². The lowest BCUT2D eigenvalue weighted by molar-refractivity contribution is -0.143. The summed E-state index contributed by atoms with van der Waals surface area (Å²) in [6.45, 7) is 9.37. The van der Waals surface area contributed by atoms with Gasteiger partial charge in [-0.05, 0) is 11.3 Å². The summed E-state index contributed by atoms with van der Waals surface area (Å²) >= 11 is 0. The van der Waals surface area contributed by atoms with E-state index >= 15 is 0 Å². The molecule has 0 aromatic heterocycles. The van der Waals surface area contributed by atoms with Gasteiger partial charge in [0.25, 0.3) is 0 Å². The Bertz CT molecular complexity index is 241. The number of carboxylic acid groups (broad SMARTS) is 1. The van der Waals surface area contributed by atoms with Crippen LogP contribution in [0.1, 0.15) is 41.0 Å². The van der Waals surface area contributed by atoms with E-state index in [2.05, 4.69) is 5.32 Å². The van der Waals surface area contributed by atoms with E-state index in [4.69, 9.17) is 5.11 Å². The molecule has 0 aromatic rings. The van der Waals surface area contributed by atoms with Gasteiger partial charge in [0.2, 0.25) is 5.91 Å². The van der Waals surface area contributed by atoms with Gasteiger partial charge < -0.3 is 10.4 Å². The van der Waals surface area contributed by atoms with Crippen molar-refractivity contribution < 1.29 is 14.7 Å². The van der Waals surface area contributed by atoms with Crippen LogP contribution in [-0.4, -0.2) is 23.0 Å². The van der Waals surface area contributed by atoms with Crippen LogP contribution in [0, 0.1) is 11.3 Å². The molecule has 4 heteroatoms. The SMILES string of the molecule is CC(C)C(NC(=O)CC(C)(C)C)C(=O)O. The fourth-order valence-electron chi connectivity index (χ4n) is 1.22. The van der Waals surface area contributed by atoms with Gasteiger partial charge in [0.1, 0.15) is 6.04 Å². The van der Waals surface area contributed by atoms with Crippen molar-refractivity contribution in [2.24, 2.45) is 11.3 Å². The monoisotopic (exact) mass is 215 g/mol. The number of aliphatic carboxylic acids is 1. The number of hydrogen-bond acceptors (Lipinski definition) is 2. The first-order valence-electron chi connectivity index (χ1n) is 5.15. The molecule has 0 aromatic carbocycles. The molecule has 2 N–H and O–H groups in total. The van der Waals surface area contributed by atoms with Gasteiger partial charge in [-0.25, -0.2) is 4.79 Å². The van der Waals surface area contributed by atoms with Gasteiger partial charge in [-0.3, -0.25) is 4.79 Å². The van der Waals surface area contributed by atoms with E-state index in [9.17, 15) is 9.59 Å². The van der Waals surface area contributed by atoms with Crippen LogP contribution < -0.4 is 5.32 Å². The summed E-state index contributed by atoms with van der Waals surface area (Å²) in [6.07, 6.45) is 0.337. The Labute approximate surface area is 91.1 Å². The molecule has 1 amide bonds. The van der Waals surface area contributed by atoms with Gasteiger partial charge >= 0.3 is 5.97 Å². The summed E-state index contributed by atoms with van der Waals surface area (Å²) in [5, 5.41) is 11.4. The van der Waals surface area contributed by atoms with Crippen LogP contribution in [0.3, 0.4) is 0 Å². The maximum Gasteiger partial charge on any atom is 0.326 e. The molecule has 0 spiro atoms. The first-order chi connectivity index (χ1) is 6.63. The third-order valence-corrected chi connectivity index (χ3v) is 1.94. The normalized spacial score (nSPS) is 13.7. The predicted molar refractivity (Wildman–Crippen MR) is 58.5 cm³/mol. The standard InChI is InChI=1S/C11H21NO3/c1-7(2)9(10(14)15)12-8(13)6-11(3,4)5/h7,9H,6H2,1-5H3,(H,12,13)(H,14,15). The van der Waals surface area contributed by atoms with Crippen molar-refractivity contribution in [2.45, 2.75) is 47.1 Å². The maximum absolute atomic E-state index is 11.5. The summed E-state index contributed by atoms with van der Waals surface area (Å²) in [4.78, 5) is 22.3. The molecule has 1 unspecified atom stereocenters. The highest BCUT2D eigenvalue weighted by atomic mass is 16.4. The Hall–Kier alpha value is -1.06. The van der Waals surface area contributed by atoms with Crippen molar-refractivity contribution in [1.29, 1.82) is 0 Å². The van der Waals surface area contributed by atoms with Crippen LogP contribution >= 0.6 is 0 Å². The first kappa shape index (κ1) is 13.9. The summed E-state index contributed by atoms with van der Waals surface area (Å²) in [6, 6.07) is -0.792. The van der Waals surface area contributed by atoms with Crippen molar-refractivity contribution in [1.82, 2.24) is 5.32 Å². The molecule has 0 heterocycles. The second kappa shape index (κ2) is 5.14. The minimum Gasteiger partial charge on any atom is -0.480 e. The third-order valence-electron chi connectivity index (χ3n) is 1.94. The second-order valence-corrected chi connectivity index (χ2v) is 5.36. The highest BCUT2D eigenvalue weighted by molar-refractivity contribution is 5.83. The molecule has 0 aliphatic rings. The molecule has 88 valence electrons. The number of carbonyl (C=O) groups is 2. The van der Waals surface area contributed by atoms with Crippen LogP contribution in [0.15, 0.2) is 0 Å². The fraction of sp³-hybridized carbons (Fsp3) is 0.818. The van der Waals surface area contributed by atoms with E-state index in [1.807, 2.05) is 20.8 Å². The van der Waals surface area contributed by atoms with Crippen molar-refractivity contribution in [3.63, 3.8) is 0 Å². The molecule has 0 radical (unpaired) electrons. The molecular weight excluding hydrogens is 194 g/mol. The van der Waals surface area contributed by atoms with E-state index < -0.39 is 12.0 Å². The van der Waals surface area contributed by atoms with Crippen LogP contribution in [0.4, 0.5) is 0 Å². The van der Waals surface area contributed by atoms with Crippen LogP contribution in [0.2, 0.25) is 0 Å². The van der Waals surface area contributed by atoms with E-state index in [0.29, 0.717) is 6.42 Å². The Morgan fingerprint density at radius 1 is 1.27 bits per heavy atom. The maximum atomic E-state index is 11.5. The molecule has 0 rings (SSSR count). The molecule has 15 heavy (non-hydrogen) atoms. The topological polar surface area (TPSA) is 66.4 Å². The number of carbonyl (C=O) groups excluding carboxylic acids is 1. The van der Waals surface area contributed by atoms with Gasteiger partial charge in [-0.2, -0.15) is 0 Å². The molecule has 0 saturated carbocycles. The lowest BCUT2D eigenvalue weighted by Gasteiger charge is -2.22. The van der Waals surface area contributed by atoms with Gasteiger partial charge in [-0.1, -0.05) is 34.6 Å². The molecule has 0 saturated heterocycles. The van der Waals surface area contributed by atoms with E-state index in [0.717, 1.165) is 0 Å². The van der Waals surface area contributed by atoms with Gasteiger partial charge in [-0.15, -0.1) is 0 Å². The van der Waals surface area contributed by atoms with Crippen molar-refractivity contribution >= 4 is 11.9 Å². The Morgan fingerprint density at radius 3 is 2.00 bits per heavy atom. The number of amides is 1. The zero-order chi connectivity index (χ0) is 12.2. The Balaban J connectivity index is 4.31. The molecule has 0 bridgehead atoms. The third kappa shape index (κ3) is 6.10. The average Bonchev–Trinajstić information content (AvgIpc) is 1.95. The summed E-state index contributed by atoms with van der Waals surface area (Å²) in [5.74, 6) is -1.29. The molecular formula is C11H21NO3. The van der Waals surface area contributed by atoms with Gasteiger partial charge in [0.15, 0.2) is 0 Å². The largest absolute Gasteiger partial charge is 0.480 e. The van der Waals surface area contributed by atoms with E-state index in [1.165, 1.54) is 0 Å². The number of rotatable bonds is 4. The smallest absolute Gasteiger partial charge is 0.326 e. The van der Waals surface area contributed by atoms with Crippen molar-refractivity contribution in [3.05, 3.63) is 0 Å². The summed E-state index contributed by atoms with van der Waals surface area (Å²) < 4.78 is 0. The molecule has 0 fully saturated rings. The lowest BCUT2D eigenvalue weighted by Crippen LogP contribution is -2.45. The molecule has 4 nitrogen and oxygen atoms in total. The first-order valence-corrected chi connectivity index (χ1v) is 5.15. The highest BCUT2D eigenvalue weighted by Crippen LogP contribution is 2.18. The van der Waals surface area contributed by atoms with E-state index in [-0.39, 0.29) is 17.2 Å². The zero-order valence-corrected chi connectivity index (χ0v) is 10.1. The highest BCUT2D eigenvalue weighted by Gasteiger charge is 2.25. The van der Waals surface area contributed by atoms with Gasteiger partial charge in [0.05, 0.1) is 0 Å². The van der Waals surface area contributed by atoms with E-state index in [1.54, 1.807) is 13.8 Å². The van der Waals surface area contributed by atoms with Gasteiger partial charge in [0, 0.05) is 6.42 Å². The van der Waals surface area contributed by atoms with Crippen LogP contribution in [0.5, 0.6) is 0 Å². The zero-order valence-electron chi connectivity index (χ0n) is 10.1. The molecule has 1 atom stereocenters. The molecule has 0 aliphatic heterocycles. The Kier molecular flexibility index (Phi) is 4.78. The minimum absolute atomic E-state index is 0.105. The quantitative estimate of drug-likeness (QED) is 0.749. The number of carboxylic acids is 1. The van der Waals surface area contributed by atoms with Crippen molar-refractivity contribution in [2.75, 3.05) is 0 Å².